The van der Waals surface area contributed by atoms with Crippen LogP contribution in [0.25, 0.3) is 11.2 Å². The fourth-order valence-electron chi connectivity index (χ4n) is 3.61. The molecule has 0 bridgehead atoms. The van der Waals surface area contributed by atoms with E-state index in [1.165, 1.54) is 4.57 Å². The van der Waals surface area contributed by atoms with Crippen molar-refractivity contribution in [1.29, 1.82) is 0 Å². The predicted octanol–water partition coefficient (Wildman–Crippen LogP) is 0.794. The summed E-state index contributed by atoms with van der Waals surface area (Å²) in [7, 11) is 1.58. The Labute approximate surface area is 171 Å². The zero-order valence-corrected chi connectivity index (χ0v) is 16.9. The highest BCUT2D eigenvalue weighted by Gasteiger charge is 2.25. The summed E-state index contributed by atoms with van der Waals surface area (Å²) in [5.41, 5.74) is 0.637. The monoisotopic (exact) mass is 416 g/mol. The van der Waals surface area contributed by atoms with Crippen molar-refractivity contribution in [3.05, 3.63) is 55.7 Å². The van der Waals surface area contributed by atoms with Crippen LogP contribution in [0.1, 0.15) is 12.5 Å². The van der Waals surface area contributed by atoms with Crippen LogP contribution in [0.5, 0.6) is 0 Å². The topological polar surface area (TPSA) is 96.2 Å². The van der Waals surface area contributed by atoms with Gasteiger partial charge >= 0.3 is 5.69 Å². The number of imidazole rings is 1. The lowest BCUT2D eigenvalue weighted by Crippen LogP contribution is -2.48. The molecule has 0 saturated carbocycles. The molecular formula is C19H21ClN6O3. The van der Waals surface area contributed by atoms with E-state index in [0.29, 0.717) is 54.9 Å². The van der Waals surface area contributed by atoms with Crippen LogP contribution in [0.2, 0.25) is 5.02 Å². The fourth-order valence-corrected chi connectivity index (χ4v) is 3.73. The molecule has 1 amide bonds. The number of piperazine rings is 1. The molecule has 10 heteroatoms. The third-order valence-corrected chi connectivity index (χ3v) is 5.50. The van der Waals surface area contributed by atoms with Gasteiger partial charge in [0.1, 0.15) is 0 Å². The molecule has 0 spiro atoms. The Morgan fingerprint density at radius 3 is 2.41 bits per heavy atom. The summed E-state index contributed by atoms with van der Waals surface area (Å²) >= 11 is 5.99. The number of amides is 1. The van der Waals surface area contributed by atoms with Crippen LogP contribution in [0.3, 0.4) is 0 Å². The van der Waals surface area contributed by atoms with Gasteiger partial charge < -0.3 is 9.80 Å². The van der Waals surface area contributed by atoms with E-state index in [1.54, 1.807) is 31.0 Å². The van der Waals surface area contributed by atoms with E-state index in [4.69, 9.17) is 11.6 Å². The van der Waals surface area contributed by atoms with Gasteiger partial charge in [0.15, 0.2) is 11.2 Å². The lowest BCUT2D eigenvalue weighted by molar-refractivity contribution is -0.129. The highest BCUT2D eigenvalue weighted by atomic mass is 35.5. The number of hydrogen-bond acceptors (Lipinski definition) is 5. The van der Waals surface area contributed by atoms with E-state index >= 15 is 0 Å². The second-order valence-electron chi connectivity index (χ2n) is 7.11. The van der Waals surface area contributed by atoms with Gasteiger partial charge in [-0.15, -0.1) is 0 Å². The lowest BCUT2D eigenvalue weighted by Gasteiger charge is -2.35. The molecule has 29 heavy (non-hydrogen) atoms. The molecule has 3 heterocycles. The van der Waals surface area contributed by atoms with Crippen molar-refractivity contribution in [2.75, 3.05) is 31.1 Å². The van der Waals surface area contributed by atoms with E-state index in [9.17, 15) is 14.4 Å². The third kappa shape index (κ3) is 3.53. The molecule has 4 rings (SSSR count). The summed E-state index contributed by atoms with van der Waals surface area (Å²) < 4.78 is 3.16. The Balaban J connectivity index is 1.82. The molecule has 1 aliphatic heterocycles. The molecule has 0 atom stereocenters. The molecular weight excluding hydrogens is 396 g/mol. The molecule has 1 aliphatic rings. The minimum atomic E-state index is -0.508. The van der Waals surface area contributed by atoms with E-state index in [1.807, 2.05) is 21.6 Å². The molecule has 3 aromatic rings. The first-order valence-electron chi connectivity index (χ1n) is 9.29. The van der Waals surface area contributed by atoms with Crippen LogP contribution in [0, 0.1) is 0 Å². The van der Waals surface area contributed by atoms with E-state index < -0.39 is 11.2 Å². The molecule has 1 saturated heterocycles. The number of benzene rings is 1. The summed E-state index contributed by atoms with van der Waals surface area (Å²) in [5.74, 6) is 0.642. The largest absolute Gasteiger partial charge is 0.339 e. The fraction of sp³-hybridized carbons (Fsp3) is 0.368. The third-order valence-electron chi connectivity index (χ3n) is 5.25. The molecule has 0 aliphatic carbocycles. The molecule has 1 fully saturated rings. The minimum absolute atomic E-state index is 0.0400. The average molecular weight is 417 g/mol. The first-order chi connectivity index (χ1) is 13.8. The summed E-state index contributed by atoms with van der Waals surface area (Å²) in [6.07, 6.45) is 0. The van der Waals surface area contributed by atoms with Crippen LogP contribution < -0.4 is 16.1 Å². The summed E-state index contributed by atoms with van der Waals surface area (Å²) in [6.45, 7) is 4.30. The number of hydrogen-bond donors (Lipinski definition) is 1. The quantitative estimate of drug-likeness (QED) is 0.681. The Morgan fingerprint density at radius 1 is 1.14 bits per heavy atom. The summed E-state index contributed by atoms with van der Waals surface area (Å²) in [4.78, 5) is 47.1. The van der Waals surface area contributed by atoms with Crippen LogP contribution in [-0.2, 0) is 18.4 Å². The first-order valence-corrected chi connectivity index (χ1v) is 9.67. The number of anilines is 1. The predicted molar refractivity (Wildman–Crippen MR) is 111 cm³/mol. The SMILES string of the molecule is CC(=O)N1CCN(c2nc3c(c(=O)[nH]c(=O)n3C)n2Cc2ccc(Cl)cc2)CC1. The number of aryl methyl sites for hydroxylation is 1. The van der Waals surface area contributed by atoms with Gasteiger partial charge in [0.05, 0.1) is 6.54 Å². The van der Waals surface area contributed by atoms with Gasteiger partial charge in [-0.1, -0.05) is 23.7 Å². The number of nitrogens with one attached hydrogen (secondary N) is 1. The first kappa shape index (κ1) is 19.3. The van der Waals surface area contributed by atoms with Gasteiger partial charge in [0.25, 0.3) is 5.56 Å². The summed E-state index contributed by atoms with van der Waals surface area (Å²) in [6, 6.07) is 7.37. The maximum absolute atomic E-state index is 12.6. The molecule has 9 nitrogen and oxygen atoms in total. The summed E-state index contributed by atoms with van der Waals surface area (Å²) in [5, 5.41) is 0.630. The van der Waals surface area contributed by atoms with Crippen molar-refractivity contribution in [3.63, 3.8) is 0 Å². The van der Waals surface area contributed by atoms with Crippen molar-refractivity contribution < 1.29 is 4.79 Å². The molecule has 1 aromatic carbocycles. The molecule has 1 N–H and O–H groups in total. The van der Waals surface area contributed by atoms with Gasteiger partial charge in [-0.05, 0) is 17.7 Å². The maximum atomic E-state index is 12.6. The number of carbonyl (C=O) groups is 1. The molecule has 0 unspecified atom stereocenters. The Morgan fingerprint density at radius 2 is 1.79 bits per heavy atom. The van der Waals surface area contributed by atoms with Crippen molar-refractivity contribution >= 4 is 34.6 Å². The number of halogens is 1. The number of nitrogens with zero attached hydrogens (tertiary/aromatic N) is 5. The van der Waals surface area contributed by atoms with Crippen LogP contribution in [0.4, 0.5) is 5.95 Å². The molecule has 152 valence electrons. The van der Waals surface area contributed by atoms with E-state index in [2.05, 4.69) is 9.97 Å². The number of fused-ring (bicyclic) bond motifs is 1. The number of aromatic nitrogens is 4. The lowest BCUT2D eigenvalue weighted by atomic mass is 10.2. The van der Waals surface area contributed by atoms with Crippen LogP contribution in [0.15, 0.2) is 33.9 Å². The Hall–Kier alpha value is -3.07. The molecule has 0 radical (unpaired) electrons. The zero-order chi connectivity index (χ0) is 20.7. The van der Waals surface area contributed by atoms with Crippen LogP contribution in [-0.4, -0.2) is 56.1 Å². The number of carbonyl (C=O) groups excluding carboxylic acids is 1. The number of rotatable bonds is 3. The van der Waals surface area contributed by atoms with Crippen molar-refractivity contribution in [1.82, 2.24) is 24.0 Å². The van der Waals surface area contributed by atoms with Gasteiger partial charge in [-0.3, -0.25) is 23.7 Å². The van der Waals surface area contributed by atoms with E-state index in [-0.39, 0.29) is 5.91 Å². The second kappa shape index (κ2) is 7.40. The van der Waals surface area contributed by atoms with Gasteiger partial charge in [0, 0.05) is 45.2 Å². The Kier molecular flexibility index (Phi) is 4.91. The standard InChI is InChI=1S/C19H21ClN6O3/c1-12(27)24-7-9-25(10-8-24)18-21-16-15(17(28)22-19(29)23(16)2)26(18)11-13-3-5-14(20)6-4-13/h3-6H,7-11H2,1-2H3,(H,22,28,29). The van der Waals surface area contributed by atoms with Gasteiger partial charge in [0.2, 0.25) is 11.9 Å². The highest BCUT2D eigenvalue weighted by molar-refractivity contribution is 6.30. The van der Waals surface area contributed by atoms with Crippen molar-refractivity contribution in [2.45, 2.75) is 13.5 Å². The van der Waals surface area contributed by atoms with E-state index in [0.717, 1.165) is 5.56 Å². The smallest absolute Gasteiger partial charge is 0.329 e. The number of aromatic amines is 1. The van der Waals surface area contributed by atoms with Crippen molar-refractivity contribution in [2.24, 2.45) is 7.05 Å². The van der Waals surface area contributed by atoms with Crippen molar-refractivity contribution in [3.8, 4) is 0 Å². The average Bonchev–Trinajstić information content (AvgIpc) is 3.08. The van der Waals surface area contributed by atoms with Gasteiger partial charge in [-0.2, -0.15) is 4.98 Å². The van der Waals surface area contributed by atoms with Gasteiger partial charge in [-0.25, -0.2) is 4.79 Å². The maximum Gasteiger partial charge on any atom is 0.329 e. The Bertz CT molecular complexity index is 1190. The minimum Gasteiger partial charge on any atom is -0.339 e. The second-order valence-corrected chi connectivity index (χ2v) is 7.54. The van der Waals surface area contributed by atoms with Crippen LogP contribution >= 0.6 is 11.6 Å². The normalized spacial score (nSPS) is 14.6. The molecule has 2 aromatic heterocycles. The zero-order valence-electron chi connectivity index (χ0n) is 16.2. The highest BCUT2D eigenvalue weighted by Crippen LogP contribution is 2.23. The number of H-pyrrole nitrogens is 1.